The molecule has 0 atom stereocenters. The fourth-order valence-electron chi connectivity index (χ4n) is 1.16. The van der Waals surface area contributed by atoms with Crippen molar-refractivity contribution in [2.24, 2.45) is 0 Å². The summed E-state index contributed by atoms with van der Waals surface area (Å²) in [5, 5.41) is 8.94. The van der Waals surface area contributed by atoms with Crippen molar-refractivity contribution in [2.45, 2.75) is 13.3 Å². The van der Waals surface area contributed by atoms with E-state index in [0.717, 1.165) is 6.07 Å². The van der Waals surface area contributed by atoms with E-state index in [1.165, 1.54) is 30.8 Å². The first-order valence-corrected chi connectivity index (χ1v) is 5.98. The molecule has 0 aromatic heterocycles. The number of phenols is 1. The number of hydrogen-bond donors (Lipinski definition) is 1. The van der Waals surface area contributed by atoms with E-state index in [1.807, 2.05) is 0 Å². The van der Waals surface area contributed by atoms with Crippen molar-refractivity contribution < 1.29 is 18.7 Å². The minimum atomic E-state index is -1.25. The monoisotopic (exact) mass is 258 g/mol. The van der Waals surface area contributed by atoms with Gasteiger partial charge in [0.1, 0.15) is 0 Å². The minimum absolute atomic E-state index is 0.0280. The van der Waals surface area contributed by atoms with E-state index in [-0.39, 0.29) is 10.7 Å². The van der Waals surface area contributed by atoms with Crippen molar-refractivity contribution in [1.29, 1.82) is 0 Å². The van der Waals surface area contributed by atoms with Gasteiger partial charge in [0.25, 0.3) is 0 Å². The maximum absolute atomic E-state index is 13.3. The summed E-state index contributed by atoms with van der Waals surface area (Å²) in [6.45, 7) is 1.48. The highest BCUT2D eigenvalue weighted by Crippen LogP contribution is 2.22. The fraction of sp³-hybridized carbons (Fsp3) is 0.250. The summed E-state index contributed by atoms with van der Waals surface area (Å²) in [4.78, 5) is 10.6. The Morgan fingerprint density at radius 1 is 1.41 bits per heavy atom. The molecule has 0 aliphatic heterocycles. The van der Waals surface area contributed by atoms with Gasteiger partial charge in [0, 0.05) is 18.2 Å². The number of allylic oxidation sites excluding steroid dienone is 1. The molecule has 5 heteroatoms. The Morgan fingerprint density at radius 3 is 2.76 bits per heavy atom. The van der Waals surface area contributed by atoms with Gasteiger partial charge in [-0.05, 0) is 18.6 Å². The van der Waals surface area contributed by atoms with Crippen molar-refractivity contribution in [3.63, 3.8) is 0 Å². The molecule has 1 rings (SSSR count). The molecule has 1 aromatic carbocycles. The number of carbonyl (C=O) groups is 1. The van der Waals surface area contributed by atoms with Crippen LogP contribution in [0, 0.1) is 11.6 Å². The van der Waals surface area contributed by atoms with Crippen LogP contribution < -0.4 is 0 Å². The highest BCUT2D eigenvalue weighted by molar-refractivity contribution is 8.13. The predicted molar refractivity (Wildman–Crippen MR) is 64.8 cm³/mol. The zero-order chi connectivity index (χ0) is 12.8. The smallest absolute Gasteiger partial charge is 0.200 e. The average Bonchev–Trinajstić information content (AvgIpc) is 2.28. The number of phenolic OH excluding ortho intramolecular Hbond substituents is 1. The lowest BCUT2D eigenvalue weighted by Gasteiger charge is -2.00. The van der Waals surface area contributed by atoms with Crippen LogP contribution in [0.2, 0.25) is 0 Å². The van der Waals surface area contributed by atoms with E-state index in [4.69, 9.17) is 5.11 Å². The average molecular weight is 258 g/mol. The first kappa shape index (κ1) is 13.7. The summed E-state index contributed by atoms with van der Waals surface area (Å²) in [5.41, 5.74) is 0.0770. The van der Waals surface area contributed by atoms with Gasteiger partial charge in [0.15, 0.2) is 16.7 Å². The number of halogens is 2. The molecule has 2 nitrogen and oxygen atoms in total. The molecule has 0 aliphatic rings. The Bertz CT molecular complexity index is 444. The number of carbonyl (C=O) groups excluding carboxylic acids is 1. The first-order valence-electron chi connectivity index (χ1n) is 4.99. The molecular formula is C12H12F2O2S. The van der Waals surface area contributed by atoms with Gasteiger partial charge in [-0.25, -0.2) is 4.39 Å². The Balaban J connectivity index is 2.60. The molecular weight excluding hydrogens is 246 g/mol. The number of aromatic hydroxyl groups is 1. The lowest BCUT2D eigenvalue weighted by atomic mass is 10.1. The highest BCUT2D eigenvalue weighted by atomic mass is 32.2. The van der Waals surface area contributed by atoms with Gasteiger partial charge >= 0.3 is 0 Å². The van der Waals surface area contributed by atoms with Gasteiger partial charge in [0.2, 0.25) is 5.82 Å². The summed E-state index contributed by atoms with van der Waals surface area (Å²) >= 11 is 1.18. The Kier molecular flexibility index (Phi) is 5.15. The van der Waals surface area contributed by atoms with Crippen LogP contribution in [0.15, 0.2) is 18.2 Å². The molecule has 0 bridgehead atoms. The molecule has 1 N–H and O–H groups in total. The van der Waals surface area contributed by atoms with Crippen LogP contribution in [0.1, 0.15) is 18.9 Å². The normalized spacial score (nSPS) is 11.0. The molecule has 0 amide bonds. The van der Waals surface area contributed by atoms with Gasteiger partial charge in [-0.3, -0.25) is 4.79 Å². The maximum atomic E-state index is 13.3. The molecule has 0 saturated heterocycles. The van der Waals surface area contributed by atoms with Crippen molar-refractivity contribution in [1.82, 2.24) is 0 Å². The van der Waals surface area contributed by atoms with Gasteiger partial charge in [0.05, 0.1) is 0 Å². The lowest BCUT2D eigenvalue weighted by molar-refractivity contribution is -0.109. The van der Waals surface area contributed by atoms with Crippen LogP contribution in [0.3, 0.4) is 0 Å². The molecule has 92 valence electrons. The minimum Gasteiger partial charge on any atom is -0.505 e. The van der Waals surface area contributed by atoms with Crippen molar-refractivity contribution >= 4 is 23.0 Å². The molecule has 0 aliphatic carbocycles. The maximum Gasteiger partial charge on any atom is 0.200 e. The SMILES string of the molecule is CC(=O)SCCC=Cc1ccc(O)c(F)c1F. The van der Waals surface area contributed by atoms with E-state index in [9.17, 15) is 13.6 Å². The zero-order valence-electron chi connectivity index (χ0n) is 9.24. The molecule has 0 unspecified atom stereocenters. The molecule has 1 aromatic rings. The van der Waals surface area contributed by atoms with E-state index in [0.29, 0.717) is 12.2 Å². The molecule has 0 spiro atoms. The van der Waals surface area contributed by atoms with Crippen LogP contribution in [-0.4, -0.2) is 16.0 Å². The number of thioether (sulfide) groups is 1. The highest BCUT2D eigenvalue weighted by Gasteiger charge is 2.10. The largest absolute Gasteiger partial charge is 0.505 e. The number of hydrogen-bond acceptors (Lipinski definition) is 3. The van der Waals surface area contributed by atoms with Crippen molar-refractivity contribution in [3.05, 3.63) is 35.4 Å². The standard InChI is InChI=1S/C12H12F2O2S/c1-8(15)17-7-3-2-4-9-5-6-10(16)12(14)11(9)13/h2,4-6,16H,3,7H2,1H3. The Hall–Kier alpha value is -1.36. The Morgan fingerprint density at radius 2 is 2.12 bits per heavy atom. The zero-order valence-corrected chi connectivity index (χ0v) is 10.1. The van der Waals surface area contributed by atoms with Crippen LogP contribution in [0.25, 0.3) is 6.08 Å². The summed E-state index contributed by atoms with van der Waals surface area (Å²) in [6.07, 6.45) is 3.68. The van der Waals surface area contributed by atoms with E-state index in [2.05, 4.69) is 0 Å². The second kappa shape index (κ2) is 6.39. The third-order valence-corrected chi connectivity index (χ3v) is 2.83. The first-order chi connectivity index (χ1) is 8.02. The number of rotatable bonds is 4. The van der Waals surface area contributed by atoms with Gasteiger partial charge < -0.3 is 5.11 Å². The van der Waals surface area contributed by atoms with Gasteiger partial charge in [-0.2, -0.15) is 4.39 Å². The van der Waals surface area contributed by atoms with Gasteiger partial charge in [-0.15, -0.1) is 0 Å². The topological polar surface area (TPSA) is 37.3 Å². The van der Waals surface area contributed by atoms with Crippen molar-refractivity contribution in [2.75, 3.05) is 5.75 Å². The van der Waals surface area contributed by atoms with Crippen LogP contribution >= 0.6 is 11.8 Å². The van der Waals surface area contributed by atoms with Crippen LogP contribution in [0.4, 0.5) is 8.78 Å². The van der Waals surface area contributed by atoms with Crippen LogP contribution in [-0.2, 0) is 4.79 Å². The van der Waals surface area contributed by atoms with E-state index in [1.54, 1.807) is 6.08 Å². The van der Waals surface area contributed by atoms with Gasteiger partial charge in [-0.1, -0.05) is 23.9 Å². The third-order valence-electron chi connectivity index (χ3n) is 1.98. The lowest BCUT2D eigenvalue weighted by Crippen LogP contribution is -1.89. The quantitative estimate of drug-likeness (QED) is 0.841. The Labute approximate surface area is 102 Å². The third kappa shape index (κ3) is 4.19. The summed E-state index contributed by atoms with van der Waals surface area (Å²) < 4.78 is 26.2. The molecule has 0 saturated carbocycles. The summed E-state index contributed by atoms with van der Waals surface area (Å²) in [5.74, 6) is -2.41. The summed E-state index contributed by atoms with van der Waals surface area (Å²) in [6, 6.07) is 2.39. The summed E-state index contributed by atoms with van der Waals surface area (Å²) in [7, 11) is 0. The van der Waals surface area contributed by atoms with Crippen LogP contribution in [0.5, 0.6) is 5.75 Å². The molecule has 17 heavy (non-hydrogen) atoms. The number of benzene rings is 1. The van der Waals surface area contributed by atoms with E-state index >= 15 is 0 Å². The molecule has 0 fully saturated rings. The second-order valence-corrected chi connectivity index (χ2v) is 4.60. The fourth-order valence-corrected chi connectivity index (χ4v) is 1.71. The van der Waals surface area contributed by atoms with E-state index < -0.39 is 17.4 Å². The second-order valence-electron chi connectivity index (χ2n) is 3.33. The molecule has 0 heterocycles. The molecule has 0 radical (unpaired) electrons. The predicted octanol–water partition coefficient (Wildman–Crippen LogP) is 3.35. The van der Waals surface area contributed by atoms with Crippen molar-refractivity contribution in [3.8, 4) is 5.75 Å².